The van der Waals surface area contributed by atoms with Crippen LogP contribution in [0.1, 0.15) is 5.56 Å². The first-order valence-corrected chi connectivity index (χ1v) is 9.09. The van der Waals surface area contributed by atoms with E-state index in [9.17, 15) is 8.42 Å². The molecule has 2 rings (SSSR count). The SMILES string of the molecule is COc1cccc(OC)c1CNS(=O)(=O)c1cc(Cl)sc1Cl. The predicted octanol–water partition coefficient (Wildman–Crippen LogP) is 3.55. The molecule has 0 aliphatic carbocycles. The number of hydrogen-bond acceptors (Lipinski definition) is 5. The third-order valence-electron chi connectivity index (χ3n) is 2.88. The normalized spacial score (nSPS) is 11.5. The Morgan fingerprint density at radius 3 is 2.23 bits per heavy atom. The van der Waals surface area contributed by atoms with Gasteiger partial charge in [-0.2, -0.15) is 0 Å². The molecule has 1 aromatic carbocycles. The molecule has 0 saturated carbocycles. The maximum Gasteiger partial charge on any atom is 0.243 e. The van der Waals surface area contributed by atoms with Crippen LogP contribution in [0.25, 0.3) is 0 Å². The molecule has 0 bridgehead atoms. The van der Waals surface area contributed by atoms with Crippen LogP contribution in [0.2, 0.25) is 8.67 Å². The second-order valence-electron chi connectivity index (χ2n) is 4.15. The summed E-state index contributed by atoms with van der Waals surface area (Å²) >= 11 is 12.7. The zero-order valence-electron chi connectivity index (χ0n) is 11.7. The lowest BCUT2D eigenvalue weighted by Crippen LogP contribution is -2.23. The Hall–Kier alpha value is -0.990. The van der Waals surface area contributed by atoms with Crippen LogP contribution in [0.15, 0.2) is 29.2 Å². The Labute approximate surface area is 142 Å². The van der Waals surface area contributed by atoms with E-state index in [-0.39, 0.29) is 15.8 Å². The van der Waals surface area contributed by atoms with Crippen molar-refractivity contribution in [2.45, 2.75) is 11.4 Å². The predicted molar refractivity (Wildman–Crippen MR) is 87.9 cm³/mol. The number of thiophene rings is 1. The van der Waals surface area contributed by atoms with Gasteiger partial charge in [0.1, 0.15) is 20.7 Å². The molecule has 22 heavy (non-hydrogen) atoms. The maximum atomic E-state index is 12.3. The highest BCUT2D eigenvalue weighted by molar-refractivity contribution is 7.89. The molecule has 0 aliphatic rings. The summed E-state index contributed by atoms with van der Waals surface area (Å²) in [4.78, 5) is -0.0435. The second kappa shape index (κ2) is 7.06. The zero-order valence-corrected chi connectivity index (χ0v) is 14.9. The molecule has 2 aromatic rings. The van der Waals surface area contributed by atoms with Crippen molar-refractivity contribution < 1.29 is 17.9 Å². The van der Waals surface area contributed by atoms with Gasteiger partial charge in [0.25, 0.3) is 0 Å². The van der Waals surface area contributed by atoms with E-state index in [1.165, 1.54) is 20.3 Å². The molecule has 0 amide bonds. The fraction of sp³-hybridized carbons (Fsp3) is 0.231. The molecule has 0 aliphatic heterocycles. The number of rotatable bonds is 6. The van der Waals surface area contributed by atoms with Gasteiger partial charge in [0.15, 0.2) is 0 Å². The quantitative estimate of drug-likeness (QED) is 0.830. The van der Waals surface area contributed by atoms with Gasteiger partial charge in [0, 0.05) is 6.54 Å². The smallest absolute Gasteiger partial charge is 0.243 e. The van der Waals surface area contributed by atoms with Crippen LogP contribution in [0, 0.1) is 0 Å². The van der Waals surface area contributed by atoms with Crippen molar-refractivity contribution in [1.29, 1.82) is 0 Å². The van der Waals surface area contributed by atoms with Gasteiger partial charge in [-0.3, -0.25) is 0 Å². The highest BCUT2D eigenvalue weighted by atomic mass is 35.5. The van der Waals surface area contributed by atoms with Gasteiger partial charge in [-0.15, -0.1) is 11.3 Å². The summed E-state index contributed by atoms with van der Waals surface area (Å²) in [6, 6.07) is 6.52. The lowest BCUT2D eigenvalue weighted by atomic mass is 10.2. The van der Waals surface area contributed by atoms with Gasteiger partial charge in [-0.05, 0) is 18.2 Å². The van der Waals surface area contributed by atoms with Crippen LogP contribution in [0.5, 0.6) is 11.5 Å². The van der Waals surface area contributed by atoms with E-state index in [1.807, 2.05) is 0 Å². The Morgan fingerprint density at radius 1 is 1.18 bits per heavy atom. The molecular weight excluding hydrogens is 369 g/mol. The van der Waals surface area contributed by atoms with Gasteiger partial charge in [0.05, 0.1) is 24.1 Å². The first kappa shape index (κ1) is 17.4. The fourth-order valence-electron chi connectivity index (χ4n) is 1.86. The van der Waals surface area contributed by atoms with E-state index >= 15 is 0 Å². The molecule has 5 nitrogen and oxygen atoms in total. The van der Waals surface area contributed by atoms with Crippen LogP contribution in [-0.4, -0.2) is 22.6 Å². The van der Waals surface area contributed by atoms with Crippen molar-refractivity contribution in [3.63, 3.8) is 0 Å². The van der Waals surface area contributed by atoms with Crippen molar-refractivity contribution >= 4 is 44.6 Å². The van der Waals surface area contributed by atoms with Gasteiger partial charge in [0.2, 0.25) is 10.0 Å². The molecule has 0 spiro atoms. The number of nitrogens with one attached hydrogen (secondary N) is 1. The summed E-state index contributed by atoms with van der Waals surface area (Å²) < 4.78 is 38.0. The summed E-state index contributed by atoms with van der Waals surface area (Å²) in [5, 5.41) is 0. The largest absolute Gasteiger partial charge is 0.496 e. The number of sulfonamides is 1. The minimum Gasteiger partial charge on any atom is -0.496 e. The number of ether oxygens (including phenoxy) is 2. The van der Waals surface area contributed by atoms with Crippen LogP contribution >= 0.6 is 34.5 Å². The van der Waals surface area contributed by atoms with E-state index in [2.05, 4.69) is 4.72 Å². The molecule has 0 atom stereocenters. The van der Waals surface area contributed by atoms with Crippen LogP contribution in [0.4, 0.5) is 0 Å². The standard InChI is InChI=1S/C13H13Cl2NO4S2/c1-19-9-4-3-5-10(20-2)8(9)7-16-22(17,18)11-6-12(14)21-13(11)15/h3-6,16H,7H2,1-2H3. The van der Waals surface area contributed by atoms with Crippen LogP contribution in [0.3, 0.4) is 0 Å². The Bertz CT molecular complexity index is 752. The number of benzene rings is 1. The molecule has 0 radical (unpaired) electrons. The van der Waals surface area contributed by atoms with Crippen LogP contribution < -0.4 is 14.2 Å². The average molecular weight is 382 g/mol. The molecule has 0 fully saturated rings. The molecular formula is C13H13Cl2NO4S2. The van der Waals surface area contributed by atoms with E-state index in [0.717, 1.165) is 11.3 Å². The van der Waals surface area contributed by atoms with Crippen molar-refractivity contribution in [2.75, 3.05) is 14.2 Å². The Morgan fingerprint density at radius 2 is 1.77 bits per heavy atom. The van der Waals surface area contributed by atoms with E-state index in [4.69, 9.17) is 32.7 Å². The topological polar surface area (TPSA) is 64.6 Å². The lowest BCUT2D eigenvalue weighted by Gasteiger charge is -2.13. The molecule has 1 aromatic heterocycles. The number of halogens is 2. The van der Waals surface area contributed by atoms with E-state index in [1.54, 1.807) is 18.2 Å². The third kappa shape index (κ3) is 3.67. The highest BCUT2D eigenvalue weighted by Gasteiger charge is 2.22. The molecule has 1 N–H and O–H groups in total. The maximum absolute atomic E-state index is 12.3. The minimum atomic E-state index is -3.79. The molecule has 1 heterocycles. The fourth-order valence-corrected chi connectivity index (χ4v) is 5.00. The van der Waals surface area contributed by atoms with Crippen molar-refractivity contribution in [2.24, 2.45) is 0 Å². The van der Waals surface area contributed by atoms with Crippen molar-refractivity contribution in [3.05, 3.63) is 38.5 Å². The minimum absolute atomic E-state index is 0.000680. The summed E-state index contributed by atoms with van der Waals surface area (Å²) in [5.74, 6) is 1.05. The molecule has 9 heteroatoms. The van der Waals surface area contributed by atoms with Crippen LogP contribution in [-0.2, 0) is 16.6 Å². The molecule has 0 saturated heterocycles. The summed E-state index contributed by atoms with van der Waals surface area (Å²) in [6.45, 7) is -0.000680. The third-order valence-corrected chi connectivity index (χ3v) is 6.04. The number of hydrogen-bond donors (Lipinski definition) is 1. The van der Waals surface area contributed by atoms with Gasteiger partial charge in [-0.1, -0.05) is 29.3 Å². The average Bonchev–Trinajstić information content (AvgIpc) is 2.84. The van der Waals surface area contributed by atoms with Crippen molar-refractivity contribution in [3.8, 4) is 11.5 Å². The number of methoxy groups -OCH3 is 2. The zero-order chi connectivity index (χ0) is 16.3. The van der Waals surface area contributed by atoms with E-state index < -0.39 is 10.0 Å². The van der Waals surface area contributed by atoms with Gasteiger partial charge >= 0.3 is 0 Å². The second-order valence-corrected chi connectivity index (χ2v) is 8.18. The van der Waals surface area contributed by atoms with Crippen molar-refractivity contribution in [1.82, 2.24) is 4.72 Å². The lowest BCUT2D eigenvalue weighted by molar-refractivity contribution is 0.384. The van der Waals surface area contributed by atoms with Gasteiger partial charge < -0.3 is 9.47 Å². The van der Waals surface area contributed by atoms with Gasteiger partial charge in [-0.25, -0.2) is 13.1 Å². The highest BCUT2D eigenvalue weighted by Crippen LogP contribution is 2.34. The summed E-state index contributed by atoms with van der Waals surface area (Å²) in [5.41, 5.74) is 0.591. The summed E-state index contributed by atoms with van der Waals surface area (Å²) in [6.07, 6.45) is 0. The monoisotopic (exact) mass is 381 g/mol. The molecule has 120 valence electrons. The summed E-state index contributed by atoms with van der Waals surface area (Å²) in [7, 11) is -0.781. The first-order valence-electron chi connectivity index (χ1n) is 6.03. The van der Waals surface area contributed by atoms with E-state index in [0.29, 0.717) is 21.4 Å². The Kier molecular flexibility index (Phi) is 5.57. The Balaban J connectivity index is 2.28. The first-order chi connectivity index (χ1) is 10.4. The molecule has 0 unspecified atom stereocenters.